The van der Waals surface area contributed by atoms with Crippen LogP contribution in [0.15, 0.2) is 18.5 Å². The number of aromatic nitrogens is 1. The summed E-state index contributed by atoms with van der Waals surface area (Å²) in [6.45, 7) is 4.09. The molecular formula is C19H27N3O3. The number of aryl methyl sites for hydroxylation is 2. The lowest BCUT2D eigenvalue weighted by atomic mass is 9.84. The van der Waals surface area contributed by atoms with E-state index < -0.39 is 0 Å². The summed E-state index contributed by atoms with van der Waals surface area (Å²) in [7, 11) is 0. The number of primary amides is 1. The first-order valence-corrected chi connectivity index (χ1v) is 9.14. The second kappa shape index (κ2) is 7.95. The molecule has 6 nitrogen and oxygen atoms in total. The summed E-state index contributed by atoms with van der Waals surface area (Å²) in [6.07, 6.45) is 7.31. The molecule has 0 unspecified atom stereocenters. The van der Waals surface area contributed by atoms with Crippen molar-refractivity contribution in [3.63, 3.8) is 0 Å². The van der Waals surface area contributed by atoms with Crippen LogP contribution in [-0.2, 0) is 20.7 Å². The molecule has 2 atom stereocenters. The molecule has 25 heavy (non-hydrogen) atoms. The van der Waals surface area contributed by atoms with Crippen LogP contribution in [0.4, 0.5) is 0 Å². The van der Waals surface area contributed by atoms with Crippen molar-refractivity contribution in [1.29, 1.82) is 0 Å². The number of ether oxygens (including phenoxy) is 1. The maximum absolute atomic E-state index is 12.5. The van der Waals surface area contributed by atoms with Gasteiger partial charge in [-0.15, -0.1) is 0 Å². The number of nitrogens with two attached hydrogens (primary N) is 1. The summed E-state index contributed by atoms with van der Waals surface area (Å²) in [6, 6.07) is 2.08. The fourth-order valence-corrected chi connectivity index (χ4v) is 4.02. The average Bonchev–Trinajstić information content (AvgIpc) is 3.10. The van der Waals surface area contributed by atoms with Crippen molar-refractivity contribution < 1.29 is 14.3 Å². The fourth-order valence-electron chi connectivity index (χ4n) is 4.02. The van der Waals surface area contributed by atoms with Gasteiger partial charge in [-0.3, -0.25) is 14.6 Å². The molecule has 2 fully saturated rings. The quantitative estimate of drug-likeness (QED) is 0.875. The molecule has 136 valence electrons. The Bertz CT molecular complexity index is 626. The van der Waals surface area contributed by atoms with E-state index in [2.05, 4.69) is 11.1 Å². The van der Waals surface area contributed by atoms with Gasteiger partial charge in [-0.2, -0.15) is 0 Å². The Morgan fingerprint density at radius 1 is 1.28 bits per heavy atom. The Balaban J connectivity index is 1.47. The molecule has 0 aromatic carbocycles. The van der Waals surface area contributed by atoms with E-state index >= 15 is 0 Å². The molecule has 0 bridgehead atoms. The van der Waals surface area contributed by atoms with Crippen LogP contribution < -0.4 is 5.73 Å². The smallest absolute Gasteiger partial charge is 0.223 e. The van der Waals surface area contributed by atoms with Gasteiger partial charge >= 0.3 is 0 Å². The molecular weight excluding hydrogens is 318 g/mol. The van der Waals surface area contributed by atoms with E-state index in [9.17, 15) is 9.59 Å². The summed E-state index contributed by atoms with van der Waals surface area (Å²) in [5.41, 5.74) is 7.71. The van der Waals surface area contributed by atoms with Gasteiger partial charge in [0.1, 0.15) is 0 Å². The summed E-state index contributed by atoms with van der Waals surface area (Å²) in [4.78, 5) is 30.1. The number of nitrogens with zero attached hydrogens (tertiary/aromatic N) is 2. The molecule has 0 spiro atoms. The van der Waals surface area contributed by atoms with Gasteiger partial charge in [0.2, 0.25) is 11.8 Å². The normalized spacial score (nSPS) is 24.4. The lowest BCUT2D eigenvalue weighted by Crippen LogP contribution is -2.44. The zero-order valence-corrected chi connectivity index (χ0v) is 14.8. The van der Waals surface area contributed by atoms with E-state index in [-0.39, 0.29) is 23.8 Å². The van der Waals surface area contributed by atoms with E-state index in [1.54, 1.807) is 0 Å². The van der Waals surface area contributed by atoms with Crippen molar-refractivity contribution in [2.45, 2.75) is 45.1 Å². The highest BCUT2D eigenvalue weighted by Crippen LogP contribution is 2.33. The third-order valence-electron chi connectivity index (χ3n) is 5.42. The first-order chi connectivity index (χ1) is 12.0. The second-order valence-electron chi connectivity index (χ2n) is 7.22. The van der Waals surface area contributed by atoms with Gasteiger partial charge in [0.15, 0.2) is 0 Å². The van der Waals surface area contributed by atoms with E-state index in [1.807, 2.05) is 24.2 Å². The van der Waals surface area contributed by atoms with E-state index in [4.69, 9.17) is 10.5 Å². The number of likely N-dealkylation sites (tertiary alicyclic amines) is 1. The number of pyridine rings is 1. The van der Waals surface area contributed by atoms with Crippen molar-refractivity contribution in [1.82, 2.24) is 9.88 Å². The summed E-state index contributed by atoms with van der Waals surface area (Å²) < 4.78 is 5.77. The van der Waals surface area contributed by atoms with E-state index in [1.165, 1.54) is 0 Å². The largest absolute Gasteiger partial charge is 0.377 e. The molecule has 2 N–H and O–H groups in total. The molecule has 2 saturated heterocycles. The number of carbonyl (C=O) groups excluding carboxylic acids is 2. The van der Waals surface area contributed by atoms with Gasteiger partial charge in [-0.05, 0) is 49.7 Å². The summed E-state index contributed by atoms with van der Waals surface area (Å²) in [5.74, 6) is 0.0950. The number of carbonyl (C=O) groups is 2. The van der Waals surface area contributed by atoms with Gasteiger partial charge in [-0.25, -0.2) is 0 Å². The summed E-state index contributed by atoms with van der Waals surface area (Å²) in [5, 5.41) is 0. The highest BCUT2D eigenvalue weighted by Gasteiger charge is 2.39. The molecule has 2 amide bonds. The molecule has 1 aromatic rings. The monoisotopic (exact) mass is 345 g/mol. The zero-order chi connectivity index (χ0) is 17.8. The molecule has 0 radical (unpaired) electrons. The molecule has 0 saturated carbocycles. The molecule has 3 heterocycles. The minimum Gasteiger partial charge on any atom is -0.377 e. The number of hydrogen-bond acceptors (Lipinski definition) is 4. The van der Waals surface area contributed by atoms with Gasteiger partial charge < -0.3 is 15.4 Å². The van der Waals surface area contributed by atoms with Crippen LogP contribution in [0, 0.1) is 18.8 Å². The predicted octanol–water partition coefficient (Wildman–Crippen LogP) is 1.45. The van der Waals surface area contributed by atoms with Crippen LogP contribution in [0.3, 0.4) is 0 Å². The van der Waals surface area contributed by atoms with Crippen molar-refractivity contribution in [2.75, 3.05) is 19.7 Å². The molecule has 6 heteroatoms. The standard InChI is InChI=1S/C19H27N3O3/c1-13-10-14(12-21-11-13)2-3-17(23)22-7-4-15(5-8-22)18-16(19(20)24)6-9-25-18/h10-12,15-16,18H,2-9H2,1H3,(H2,20,24)/t16-,18+/m0/s1. The van der Waals surface area contributed by atoms with Crippen molar-refractivity contribution >= 4 is 11.8 Å². The first kappa shape index (κ1) is 17.9. The number of piperidine rings is 1. The Labute approximate surface area is 148 Å². The second-order valence-corrected chi connectivity index (χ2v) is 7.22. The van der Waals surface area contributed by atoms with Crippen LogP contribution in [0.25, 0.3) is 0 Å². The molecule has 2 aliphatic rings. The minimum absolute atomic E-state index is 0.0619. The van der Waals surface area contributed by atoms with Crippen LogP contribution >= 0.6 is 0 Å². The lowest BCUT2D eigenvalue weighted by molar-refractivity contribution is -0.134. The van der Waals surface area contributed by atoms with Gasteiger partial charge in [0, 0.05) is 38.5 Å². The van der Waals surface area contributed by atoms with E-state index in [0.717, 1.165) is 49.9 Å². The van der Waals surface area contributed by atoms with E-state index in [0.29, 0.717) is 18.9 Å². The van der Waals surface area contributed by atoms with Crippen LogP contribution in [0.2, 0.25) is 0 Å². The SMILES string of the molecule is Cc1cncc(CCC(=O)N2CCC([C@H]3OCC[C@@H]3C(N)=O)CC2)c1. The van der Waals surface area contributed by atoms with Crippen molar-refractivity contribution in [2.24, 2.45) is 17.6 Å². The Morgan fingerprint density at radius 2 is 2.04 bits per heavy atom. The molecule has 0 aliphatic carbocycles. The average molecular weight is 345 g/mol. The highest BCUT2D eigenvalue weighted by molar-refractivity contribution is 5.78. The van der Waals surface area contributed by atoms with Crippen molar-refractivity contribution in [3.05, 3.63) is 29.6 Å². The van der Waals surface area contributed by atoms with Crippen LogP contribution in [0.1, 0.15) is 36.8 Å². The Hall–Kier alpha value is -1.95. The molecule has 1 aromatic heterocycles. The maximum atomic E-state index is 12.5. The fraction of sp³-hybridized carbons (Fsp3) is 0.632. The first-order valence-electron chi connectivity index (χ1n) is 9.14. The number of amides is 2. The summed E-state index contributed by atoms with van der Waals surface area (Å²) >= 11 is 0. The Morgan fingerprint density at radius 3 is 2.72 bits per heavy atom. The zero-order valence-electron chi connectivity index (χ0n) is 14.8. The maximum Gasteiger partial charge on any atom is 0.223 e. The van der Waals surface area contributed by atoms with Gasteiger partial charge in [0.05, 0.1) is 12.0 Å². The van der Waals surface area contributed by atoms with Gasteiger partial charge in [0.25, 0.3) is 0 Å². The molecule has 3 rings (SSSR count). The molecule has 2 aliphatic heterocycles. The van der Waals surface area contributed by atoms with Crippen LogP contribution in [-0.4, -0.2) is 47.5 Å². The van der Waals surface area contributed by atoms with Crippen LogP contribution in [0.5, 0.6) is 0 Å². The predicted molar refractivity (Wildman–Crippen MR) is 93.6 cm³/mol. The minimum atomic E-state index is -0.257. The highest BCUT2D eigenvalue weighted by atomic mass is 16.5. The number of rotatable bonds is 5. The van der Waals surface area contributed by atoms with Crippen molar-refractivity contribution in [3.8, 4) is 0 Å². The topological polar surface area (TPSA) is 85.5 Å². The third kappa shape index (κ3) is 4.37. The Kier molecular flexibility index (Phi) is 5.68. The number of hydrogen-bond donors (Lipinski definition) is 1. The third-order valence-corrected chi connectivity index (χ3v) is 5.42. The van der Waals surface area contributed by atoms with Gasteiger partial charge in [-0.1, -0.05) is 6.07 Å². The lowest BCUT2D eigenvalue weighted by Gasteiger charge is -2.35.